The molecule has 0 bridgehead atoms. The maximum atomic E-state index is 12.4. The van der Waals surface area contributed by atoms with Crippen molar-refractivity contribution in [3.8, 4) is 0 Å². The van der Waals surface area contributed by atoms with Crippen LogP contribution in [-0.4, -0.2) is 59.5 Å². The number of carbonyl (C=O) groups excluding carboxylic acids is 2. The highest BCUT2D eigenvalue weighted by molar-refractivity contribution is 5.84. The largest absolute Gasteiger partial charge is 0.376 e. The van der Waals surface area contributed by atoms with Crippen LogP contribution in [0, 0.1) is 5.92 Å². The SMILES string of the molecule is CC(=O)NCC(=O)N1CC[C@@]2(COCc3cnc(NCC4CC4)nc32)C1. The lowest BCUT2D eigenvalue weighted by molar-refractivity contribution is -0.131. The first-order valence-electron chi connectivity index (χ1n) is 9.26. The predicted octanol–water partition coefficient (Wildman–Crippen LogP) is 0.435. The van der Waals surface area contributed by atoms with Crippen molar-refractivity contribution in [3.05, 3.63) is 17.5 Å². The van der Waals surface area contributed by atoms with E-state index in [2.05, 4.69) is 15.6 Å². The van der Waals surface area contributed by atoms with Crippen molar-refractivity contribution in [2.45, 2.75) is 38.2 Å². The molecule has 26 heavy (non-hydrogen) atoms. The number of nitrogens with one attached hydrogen (secondary N) is 2. The van der Waals surface area contributed by atoms with Crippen LogP contribution in [0.5, 0.6) is 0 Å². The summed E-state index contributed by atoms with van der Waals surface area (Å²) in [6.45, 7) is 4.66. The molecule has 8 heteroatoms. The fourth-order valence-corrected chi connectivity index (χ4v) is 3.75. The molecule has 8 nitrogen and oxygen atoms in total. The van der Waals surface area contributed by atoms with Crippen LogP contribution in [-0.2, 0) is 26.3 Å². The van der Waals surface area contributed by atoms with Gasteiger partial charge in [-0.1, -0.05) is 0 Å². The van der Waals surface area contributed by atoms with Gasteiger partial charge in [0.1, 0.15) is 0 Å². The maximum Gasteiger partial charge on any atom is 0.241 e. The summed E-state index contributed by atoms with van der Waals surface area (Å²) in [4.78, 5) is 34.4. The van der Waals surface area contributed by atoms with Gasteiger partial charge in [-0.05, 0) is 25.2 Å². The van der Waals surface area contributed by atoms with Crippen molar-refractivity contribution in [2.24, 2.45) is 5.92 Å². The monoisotopic (exact) mass is 359 g/mol. The molecule has 1 atom stereocenters. The summed E-state index contributed by atoms with van der Waals surface area (Å²) in [7, 11) is 0. The molecule has 1 spiro atoms. The number of likely N-dealkylation sites (tertiary alicyclic amines) is 1. The van der Waals surface area contributed by atoms with Gasteiger partial charge in [0.15, 0.2) is 0 Å². The first-order chi connectivity index (χ1) is 12.6. The minimum absolute atomic E-state index is 0.0388. The van der Waals surface area contributed by atoms with Crippen LogP contribution < -0.4 is 10.6 Å². The number of carbonyl (C=O) groups is 2. The Hall–Kier alpha value is -2.22. The molecule has 3 heterocycles. The Morgan fingerprint density at radius 3 is 3.04 bits per heavy atom. The van der Waals surface area contributed by atoms with Gasteiger partial charge in [-0.3, -0.25) is 9.59 Å². The van der Waals surface area contributed by atoms with Crippen LogP contribution in [0.25, 0.3) is 0 Å². The zero-order chi connectivity index (χ0) is 18.1. The van der Waals surface area contributed by atoms with E-state index in [4.69, 9.17) is 9.72 Å². The first kappa shape index (κ1) is 17.2. The third-order valence-electron chi connectivity index (χ3n) is 5.44. The topological polar surface area (TPSA) is 96.5 Å². The average molecular weight is 359 g/mol. The van der Waals surface area contributed by atoms with Crippen LogP contribution in [0.2, 0.25) is 0 Å². The second kappa shape index (κ2) is 6.83. The second-order valence-electron chi connectivity index (χ2n) is 7.64. The highest BCUT2D eigenvalue weighted by Crippen LogP contribution is 2.39. The van der Waals surface area contributed by atoms with Crippen LogP contribution in [0.4, 0.5) is 5.95 Å². The number of anilines is 1. The van der Waals surface area contributed by atoms with Crippen molar-refractivity contribution in [1.82, 2.24) is 20.2 Å². The van der Waals surface area contributed by atoms with Gasteiger partial charge >= 0.3 is 0 Å². The summed E-state index contributed by atoms with van der Waals surface area (Å²) in [5.74, 6) is 1.16. The Morgan fingerprint density at radius 1 is 1.42 bits per heavy atom. The highest BCUT2D eigenvalue weighted by atomic mass is 16.5. The van der Waals surface area contributed by atoms with Gasteiger partial charge in [0.2, 0.25) is 17.8 Å². The van der Waals surface area contributed by atoms with E-state index >= 15 is 0 Å². The fraction of sp³-hybridized carbons (Fsp3) is 0.667. The molecular weight excluding hydrogens is 334 g/mol. The summed E-state index contributed by atoms with van der Waals surface area (Å²) in [5.41, 5.74) is 1.73. The first-order valence-corrected chi connectivity index (χ1v) is 9.26. The standard InChI is InChI=1S/C18H25N5O3/c1-12(24)19-8-15(25)23-5-4-18(10-23)11-26-9-14-7-21-17(22-16(14)18)20-6-13-2-3-13/h7,13H,2-6,8-11H2,1H3,(H,19,24)(H,20,21,22)/t18-/m0/s1. The van der Waals surface area contributed by atoms with Crippen molar-refractivity contribution in [1.29, 1.82) is 0 Å². The number of fused-ring (bicyclic) bond motifs is 2. The summed E-state index contributed by atoms with van der Waals surface area (Å²) < 4.78 is 5.80. The summed E-state index contributed by atoms with van der Waals surface area (Å²) >= 11 is 0. The molecule has 1 saturated carbocycles. The number of amides is 2. The molecular formula is C18H25N5O3. The van der Waals surface area contributed by atoms with Crippen molar-refractivity contribution in [2.75, 3.05) is 38.1 Å². The van der Waals surface area contributed by atoms with E-state index in [0.717, 1.165) is 30.1 Å². The van der Waals surface area contributed by atoms with Gasteiger partial charge in [0.05, 0.1) is 30.9 Å². The van der Waals surface area contributed by atoms with Gasteiger partial charge in [0, 0.05) is 38.3 Å². The molecule has 3 aliphatic rings. The van der Waals surface area contributed by atoms with E-state index < -0.39 is 0 Å². The molecule has 4 rings (SSSR count). The Kier molecular flexibility index (Phi) is 4.52. The Balaban J connectivity index is 1.49. The third-order valence-corrected chi connectivity index (χ3v) is 5.44. The molecule has 2 amide bonds. The van der Waals surface area contributed by atoms with E-state index in [1.165, 1.54) is 19.8 Å². The van der Waals surface area contributed by atoms with Crippen molar-refractivity contribution < 1.29 is 14.3 Å². The number of nitrogens with zero attached hydrogens (tertiary/aromatic N) is 3. The van der Waals surface area contributed by atoms with E-state index in [1.54, 1.807) is 4.90 Å². The lowest BCUT2D eigenvalue weighted by Gasteiger charge is -2.34. The lowest BCUT2D eigenvalue weighted by atomic mass is 9.80. The minimum Gasteiger partial charge on any atom is -0.376 e. The van der Waals surface area contributed by atoms with Crippen LogP contribution in [0.1, 0.15) is 37.4 Å². The average Bonchev–Trinajstić information content (AvgIpc) is 3.38. The molecule has 0 aromatic carbocycles. The van der Waals surface area contributed by atoms with E-state index in [1.807, 2.05) is 6.20 Å². The summed E-state index contributed by atoms with van der Waals surface area (Å²) in [6.07, 6.45) is 5.22. The number of hydrogen-bond acceptors (Lipinski definition) is 6. The molecule has 1 aromatic heterocycles. The Morgan fingerprint density at radius 2 is 2.27 bits per heavy atom. The molecule has 2 aliphatic heterocycles. The van der Waals surface area contributed by atoms with Gasteiger partial charge in [-0.25, -0.2) is 9.97 Å². The maximum absolute atomic E-state index is 12.4. The number of ether oxygens (including phenoxy) is 1. The van der Waals surface area contributed by atoms with E-state index in [0.29, 0.717) is 32.3 Å². The van der Waals surface area contributed by atoms with Crippen LogP contribution >= 0.6 is 0 Å². The quantitative estimate of drug-likeness (QED) is 0.792. The molecule has 1 aromatic rings. The number of rotatable bonds is 5. The van der Waals surface area contributed by atoms with Crippen LogP contribution in [0.3, 0.4) is 0 Å². The fourth-order valence-electron chi connectivity index (χ4n) is 3.75. The molecule has 2 fully saturated rings. The smallest absolute Gasteiger partial charge is 0.241 e. The van der Waals surface area contributed by atoms with Crippen molar-refractivity contribution in [3.63, 3.8) is 0 Å². The van der Waals surface area contributed by atoms with Gasteiger partial charge in [-0.15, -0.1) is 0 Å². The summed E-state index contributed by atoms with van der Waals surface area (Å²) in [5, 5.41) is 5.92. The molecule has 2 N–H and O–H groups in total. The predicted molar refractivity (Wildman–Crippen MR) is 94.5 cm³/mol. The molecule has 1 saturated heterocycles. The van der Waals surface area contributed by atoms with Gasteiger partial charge < -0.3 is 20.3 Å². The zero-order valence-electron chi connectivity index (χ0n) is 15.1. The van der Waals surface area contributed by atoms with Gasteiger partial charge in [-0.2, -0.15) is 0 Å². The third kappa shape index (κ3) is 3.51. The lowest BCUT2D eigenvalue weighted by Crippen LogP contribution is -2.44. The summed E-state index contributed by atoms with van der Waals surface area (Å²) in [6, 6.07) is 0. The van der Waals surface area contributed by atoms with E-state index in [-0.39, 0.29) is 23.8 Å². The second-order valence-corrected chi connectivity index (χ2v) is 7.64. The minimum atomic E-state index is -0.279. The van der Waals surface area contributed by atoms with E-state index in [9.17, 15) is 9.59 Å². The molecule has 0 unspecified atom stereocenters. The van der Waals surface area contributed by atoms with Gasteiger partial charge in [0.25, 0.3) is 0 Å². The molecule has 140 valence electrons. The highest BCUT2D eigenvalue weighted by Gasteiger charge is 2.46. The Bertz CT molecular complexity index is 721. The number of hydrogen-bond donors (Lipinski definition) is 2. The number of aromatic nitrogens is 2. The normalized spacial score (nSPS) is 24.4. The molecule has 0 radical (unpaired) electrons. The Labute approximate surface area is 152 Å². The molecule has 1 aliphatic carbocycles. The zero-order valence-corrected chi connectivity index (χ0v) is 15.1. The van der Waals surface area contributed by atoms with Crippen molar-refractivity contribution >= 4 is 17.8 Å². The van der Waals surface area contributed by atoms with Crippen LogP contribution in [0.15, 0.2) is 6.20 Å².